The Bertz CT molecular complexity index is 1140. The molecule has 0 bridgehead atoms. The van der Waals surface area contributed by atoms with Gasteiger partial charge in [-0.3, -0.25) is 4.79 Å². The number of amides is 1. The summed E-state index contributed by atoms with van der Waals surface area (Å²) in [6.07, 6.45) is 1.79. The van der Waals surface area contributed by atoms with Gasteiger partial charge in [-0.1, -0.05) is 46.3 Å². The molecule has 0 saturated heterocycles. The first-order valence-corrected chi connectivity index (χ1v) is 10.8. The lowest BCUT2D eigenvalue weighted by Crippen LogP contribution is -2.19. The lowest BCUT2D eigenvalue weighted by atomic mass is 10.1. The summed E-state index contributed by atoms with van der Waals surface area (Å²) in [4.78, 5) is 12.1. The molecule has 7 heteroatoms. The summed E-state index contributed by atoms with van der Waals surface area (Å²) in [6, 6.07) is 22.4. The zero-order valence-corrected chi connectivity index (χ0v) is 19.1. The van der Waals surface area contributed by atoms with E-state index >= 15 is 0 Å². The highest BCUT2D eigenvalue weighted by Gasteiger charge is 2.08. The predicted octanol–water partition coefficient (Wildman–Crippen LogP) is 4.99. The number of carbonyl (C=O) groups is 1. The molecule has 0 radical (unpaired) electrons. The number of ether oxygens (including phenoxy) is 2. The van der Waals surface area contributed by atoms with Crippen LogP contribution in [-0.2, 0) is 17.8 Å². The summed E-state index contributed by atoms with van der Waals surface area (Å²) >= 11 is 3.37. The highest BCUT2D eigenvalue weighted by Crippen LogP contribution is 2.29. The Hall–Kier alpha value is -3.63. The van der Waals surface area contributed by atoms with Crippen molar-refractivity contribution in [2.45, 2.75) is 20.0 Å². The molecule has 1 N–H and O–H groups in total. The summed E-state index contributed by atoms with van der Waals surface area (Å²) in [5.41, 5.74) is 5.57. The third-order valence-electron chi connectivity index (χ3n) is 4.47. The highest BCUT2D eigenvalue weighted by molar-refractivity contribution is 9.10. The molecule has 0 aromatic heterocycles. The van der Waals surface area contributed by atoms with Crippen LogP contribution in [0.4, 0.5) is 0 Å². The molecule has 3 aromatic rings. The number of hydrogen-bond donors (Lipinski definition) is 1. The fourth-order valence-corrected chi connectivity index (χ4v) is 3.17. The molecule has 0 unspecified atom stereocenters. The number of nitrogens with one attached hydrogen (secondary N) is 1. The number of benzene rings is 3. The van der Waals surface area contributed by atoms with Crippen molar-refractivity contribution >= 4 is 28.1 Å². The number of nitrogens with zero attached hydrogens (tertiary/aromatic N) is 2. The second kappa shape index (κ2) is 11.7. The maximum absolute atomic E-state index is 12.1. The van der Waals surface area contributed by atoms with Crippen LogP contribution in [0.5, 0.6) is 11.5 Å². The largest absolute Gasteiger partial charge is 0.490 e. The second-order valence-electron chi connectivity index (χ2n) is 6.79. The number of rotatable bonds is 9. The van der Waals surface area contributed by atoms with E-state index in [9.17, 15) is 10.1 Å². The molecule has 0 fully saturated rings. The van der Waals surface area contributed by atoms with E-state index in [1.165, 1.54) is 0 Å². The van der Waals surface area contributed by atoms with Crippen LogP contribution in [-0.4, -0.2) is 18.7 Å². The van der Waals surface area contributed by atoms with Crippen LogP contribution in [0.15, 0.2) is 76.3 Å². The van der Waals surface area contributed by atoms with Gasteiger partial charge in [-0.2, -0.15) is 10.4 Å². The summed E-state index contributed by atoms with van der Waals surface area (Å²) in [7, 11) is 0. The van der Waals surface area contributed by atoms with Gasteiger partial charge >= 0.3 is 0 Å². The predicted molar refractivity (Wildman–Crippen MR) is 127 cm³/mol. The molecule has 0 atom stereocenters. The van der Waals surface area contributed by atoms with E-state index in [1.807, 2.05) is 55.5 Å². The van der Waals surface area contributed by atoms with Crippen molar-refractivity contribution in [3.8, 4) is 17.6 Å². The maximum Gasteiger partial charge on any atom is 0.244 e. The molecule has 32 heavy (non-hydrogen) atoms. The smallest absolute Gasteiger partial charge is 0.244 e. The van der Waals surface area contributed by atoms with Gasteiger partial charge in [0.05, 0.1) is 30.9 Å². The molecule has 0 aliphatic rings. The Labute approximate surface area is 195 Å². The van der Waals surface area contributed by atoms with Gasteiger partial charge in [0.2, 0.25) is 5.91 Å². The molecule has 3 rings (SSSR count). The van der Waals surface area contributed by atoms with Crippen LogP contribution in [0.3, 0.4) is 0 Å². The first kappa shape index (κ1) is 23.0. The monoisotopic (exact) mass is 491 g/mol. The summed E-state index contributed by atoms with van der Waals surface area (Å²) in [6.45, 7) is 2.61. The minimum atomic E-state index is -0.204. The first-order chi connectivity index (χ1) is 15.6. The van der Waals surface area contributed by atoms with E-state index in [4.69, 9.17) is 9.47 Å². The van der Waals surface area contributed by atoms with Gasteiger partial charge < -0.3 is 9.47 Å². The van der Waals surface area contributed by atoms with E-state index in [1.54, 1.807) is 24.4 Å². The van der Waals surface area contributed by atoms with E-state index in [0.717, 1.165) is 21.2 Å². The van der Waals surface area contributed by atoms with Crippen molar-refractivity contribution in [3.05, 3.63) is 93.5 Å². The minimum Gasteiger partial charge on any atom is -0.490 e. The summed E-state index contributed by atoms with van der Waals surface area (Å²) < 4.78 is 12.6. The average Bonchev–Trinajstić information content (AvgIpc) is 2.80. The van der Waals surface area contributed by atoms with E-state index < -0.39 is 0 Å². The van der Waals surface area contributed by atoms with Crippen LogP contribution in [0.25, 0.3) is 0 Å². The van der Waals surface area contributed by atoms with Crippen molar-refractivity contribution in [2.24, 2.45) is 5.10 Å². The van der Waals surface area contributed by atoms with Crippen LogP contribution in [0.1, 0.15) is 29.2 Å². The fraction of sp³-hybridized carbons (Fsp3) is 0.160. The number of carbonyl (C=O) groups excluding carboxylic acids is 1. The normalized spacial score (nSPS) is 10.5. The molecule has 6 nitrogen and oxygen atoms in total. The molecule has 3 aromatic carbocycles. The van der Waals surface area contributed by atoms with Crippen LogP contribution in [0.2, 0.25) is 0 Å². The molecule has 0 heterocycles. The third-order valence-corrected chi connectivity index (χ3v) is 5.00. The van der Waals surface area contributed by atoms with E-state index in [0.29, 0.717) is 23.7 Å². The molecule has 0 aliphatic carbocycles. The standard InChI is InChI=1S/C25H22BrN3O3/c1-2-31-24-13-19(16-28-29-25(30)14-18-7-10-22(26)11-8-18)9-12-23(24)32-17-21-6-4-3-5-20(21)15-27/h3-13,16H,2,14,17H2,1H3,(H,29,30)/b28-16-. The van der Waals surface area contributed by atoms with Gasteiger partial charge in [-0.25, -0.2) is 5.43 Å². The molecule has 1 amide bonds. The summed E-state index contributed by atoms with van der Waals surface area (Å²) in [5.74, 6) is 0.924. The van der Waals surface area contributed by atoms with Gasteiger partial charge in [-0.05, 0) is 54.4 Å². The Morgan fingerprint density at radius 2 is 1.88 bits per heavy atom. The second-order valence-corrected chi connectivity index (χ2v) is 7.71. The van der Waals surface area contributed by atoms with E-state index in [-0.39, 0.29) is 18.9 Å². The number of hydrogen-bond acceptors (Lipinski definition) is 5. The van der Waals surface area contributed by atoms with Gasteiger partial charge in [0.1, 0.15) is 6.61 Å². The zero-order chi connectivity index (χ0) is 22.8. The molecule has 0 saturated carbocycles. The fourth-order valence-electron chi connectivity index (χ4n) is 2.91. The first-order valence-electron chi connectivity index (χ1n) is 10.0. The average molecular weight is 492 g/mol. The SMILES string of the molecule is CCOc1cc(/C=N\NC(=O)Cc2ccc(Br)cc2)ccc1OCc1ccccc1C#N. The molecular weight excluding hydrogens is 470 g/mol. The maximum atomic E-state index is 12.1. The topological polar surface area (TPSA) is 83.7 Å². The number of hydrazone groups is 1. The van der Waals surface area contributed by atoms with Crippen LogP contribution >= 0.6 is 15.9 Å². The van der Waals surface area contributed by atoms with Crippen LogP contribution < -0.4 is 14.9 Å². The lowest BCUT2D eigenvalue weighted by Gasteiger charge is -2.13. The van der Waals surface area contributed by atoms with Crippen molar-refractivity contribution in [1.29, 1.82) is 5.26 Å². The van der Waals surface area contributed by atoms with Gasteiger partial charge in [0.15, 0.2) is 11.5 Å². The Balaban J connectivity index is 1.62. The van der Waals surface area contributed by atoms with Crippen molar-refractivity contribution < 1.29 is 14.3 Å². The molecular formula is C25H22BrN3O3. The highest BCUT2D eigenvalue weighted by atomic mass is 79.9. The Morgan fingerprint density at radius 3 is 2.62 bits per heavy atom. The Morgan fingerprint density at radius 1 is 1.09 bits per heavy atom. The lowest BCUT2D eigenvalue weighted by molar-refractivity contribution is -0.120. The van der Waals surface area contributed by atoms with Crippen LogP contribution in [0, 0.1) is 11.3 Å². The molecule has 0 spiro atoms. The van der Waals surface area contributed by atoms with Crippen molar-refractivity contribution in [2.75, 3.05) is 6.61 Å². The van der Waals surface area contributed by atoms with Crippen molar-refractivity contribution in [3.63, 3.8) is 0 Å². The Kier molecular flexibility index (Phi) is 8.41. The minimum absolute atomic E-state index is 0.204. The van der Waals surface area contributed by atoms with Gasteiger partial charge in [-0.15, -0.1) is 0 Å². The number of nitriles is 1. The van der Waals surface area contributed by atoms with Gasteiger partial charge in [0.25, 0.3) is 0 Å². The quantitative estimate of drug-likeness (QED) is 0.337. The van der Waals surface area contributed by atoms with Gasteiger partial charge in [0, 0.05) is 10.0 Å². The molecule has 0 aliphatic heterocycles. The van der Waals surface area contributed by atoms with E-state index in [2.05, 4.69) is 32.5 Å². The zero-order valence-electron chi connectivity index (χ0n) is 17.5. The molecule has 162 valence electrons. The third kappa shape index (κ3) is 6.69. The summed E-state index contributed by atoms with van der Waals surface area (Å²) in [5, 5.41) is 13.3. The number of halogens is 1. The van der Waals surface area contributed by atoms with Crippen molar-refractivity contribution in [1.82, 2.24) is 5.43 Å².